The Kier molecular flexibility index (Phi) is 4.27. The standard InChI is InChI=1S/C12H12O4/c1-9(12(14)15-2)8-11(13)16-10-6-4-3-5-7-10/h3-8H,1-2H3. The molecule has 1 aromatic rings. The molecular weight excluding hydrogens is 208 g/mol. The van der Waals surface area contributed by atoms with Gasteiger partial charge in [0.15, 0.2) is 0 Å². The lowest BCUT2D eigenvalue weighted by molar-refractivity contribution is -0.137. The maximum atomic E-state index is 11.3. The van der Waals surface area contributed by atoms with Gasteiger partial charge in [0.1, 0.15) is 5.75 Å². The van der Waals surface area contributed by atoms with E-state index in [2.05, 4.69) is 4.74 Å². The van der Waals surface area contributed by atoms with Crippen LogP contribution in [-0.4, -0.2) is 19.0 Å². The summed E-state index contributed by atoms with van der Waals surface area (Å²) < 4.78 is 9.40. The molecule has 0 N–H and O–H groups in total. The molecule has 0 radical (unpaired) electrons. The molecule has 0 saturated heterocycles. The molecule has 0 aromatic heterocycles. The summed E-state index contributed by atoms with van der Waals surface area (Å²) in [6, 6.07) is 8.62. The van der Waals surface area contributed by atoms with E-state index in [1.165, 1.54) is 14.0 Å². The van der Waals surface area contributed by atoms with Crippen molar-refractivity contribution in [1.82, 2.24) is 0 Å². The number of carbonyl (C=O) groups excluding carboxylic acids is 2. The van der Waals surface area contributed by atoms with Gasteiger partial charge in [0.05, 0.1) is 7.11 Å². The second-order valence-corrected chi connectivity index (χ2v) is 3.05. The molecule has 0 spiro atoms. The van der Waals surface area contributed by atoms with Crippen LogP contribution in [0.4, 0.5) is 0 Å². The lowest BCUT2D eigenvalue weighted by Gasteiger charge is -2.01. The molecule has 0 aliphatic rings. The fraction of sp³-hybridized carbons (Fsp3) is 0.167. The van der Waals surface area contributed by atoms with Crippen molar-refractivity contribution in [2.75, 3.05) is 7.11 Å². The molecule has 1 aromatic carbocycles. The van der Waals surface area contributed by atoms with Gasteiger partial charge in [-0.3, -0.25) is 0 Å². The molecule has 16 heavy (non-hydrogen) atoms. The van der Waals surface area contributed by atoms with Crippen LogP contribution in [0, 0.1) is 0 Å². The van der Waals surface area contributed by atoms with Crippen molar-refractivity contribution in [3.8, 4) is 5.75 Å². The number of rotatable bonds is 3. The van der Waals surface area contributed by atoms with Crippen LogP contribution in [0.2, 0.25) is 0 Å². The maximum Gasteiger partial charge on any atom is 0.336 e. The third kappa shape index (κ3) is 3.57. The molecule has 0 amide bonds. The van der Waals surface area contributed by atoms with Crippen LogP contribution >= 0.6 is 0 Å². The molecule has 0 atom stereocenters. The molecule has 0 bridgehead atoms. The van der Waals surface area contributed by atoms with Crippen LogP contribution in [0.15, 0.2) is 42.0 Å². The zero-order chi connectivity index (χ0) is 12.0. The molecule has 0 unspecified atom stereocenters. The molecule has 0 heterocycles. The third-order valence-electron chi connectivity index (χ3n) is 1.80. The number of carbonyl (C=O) groups is 2. The summed E-state index contributed by atoms with van der Waals surface area (Å²) in [6.07, 6.45) is 1.10. The number of para-hydroxylation sites is 1. The number of hydrogen-bond donors (Lipinski definition) is 0. The Morgan fingerprint density at radius 2 is 1.81 bits per heavy atom. The number of hydrogen-bond acceptors (Lipinski definition) is 4. The van der Waals surface area contributed by atoms with Crippen molar-refractivity contribution in [2.45, 2.75) is 6.92 Å². The van der Waals surface area contributed by atoms with Gasteiger partial charge in [0.25, 0.3) is 0 Å². The minimum atomic E-state index is -0.603. The quantitative estimate of drug-likeness (QED) is 0.442. The van der Waals surface area contributed by atoms with Crippen molar-refractivity contribution >= 4 is 11.9 Å². The minimum absolute atomic E-state index is 0.198. The monoisotopic (exact) mass is 220 g/mol. The van der Waals surface area contributed by atoms with Gasteiger partial charge in [-0.1, -0.05) is 18.2 Å². The Morgan fingerprint density at radius 3 is 2.38 bits per heavy atom. The highest BCUT2D eigenvalue weighted by atomic mass is 16.5. The predicted molar refractivity (Wildman–Crippen MR) is 57.9 cm³/mol. The largest absolute Gasteiger partial charge is 0.466 e. The Hall–Kier alpha value is -2.10. The Balaban J connectivity index is 2.64. The Bertz CT molecular complexity index is 406. The van der Waals surface area contributed by atoms with Crippen LogP contribution in [0.3, 0.4) is 0 Å². The zero-order valence-corrected chi connectivity index (χ0v) is 9.10. The van der Waals surface area contributed by atoms with Gasteiger partial charge in [-0.25, -0.2) is 9.59 Å². The molecular formula is C12H12O4. The van der Waals surface area contributed by atoms with Gasteiger partial charge in [0, 0.05) is 11.6 Å². The lowest BCUT2D eigenvalue weighted by Crippen LogP contribution is -2.09. The highest BCUT2D eigenvalue weighted by molar-refractivity contribution is 5.96. The first-order valence-electron chi connectivity index (χ1n) is 4.67. The molecule has 84 valence electrons. The van der Waals surface area contributed by atoms with Crippen LogP contribution < -0.4 is 4.74 Å². The van der Waals surface area contributed by atoms with Crippen molar-refractivity contribution < 1.29 is 19.1 Å². The summed E-state index contributed by atoms with van der Waals surface area (Å²) in [4.78, 5) is 22.3. The minimum Gasteiger partial charge on any atom is -0.466 e. The van der Waals surface area contributed by atoms with Crippen molar-refractivity contribution in [2.24, 2.45) is 0 Å². The first kappa shape index (κ1) is 12.0. The molecule has 4 heteroatoms. The van der Waals surface area contributed by atoms with E-state index in [0.717, 1.165) is 6.08 Å². The van der Waals surface area contributed by atoms with Gasteiger partial charge in [-0.15, -0.1) is 0 Å². The second-order valence-electron chi connectivity index (χ2n) is 3.05. The number of ether oxygens (including phenoxy) is 2. The first-order valence-corrected chi connectivity index (χ1v) is 4.67. The number of esters is 2. The molecule has 0 aliphatic carbocycles. The van der Waals surface area contributed by atoms with E-state index in [4.69, 9.17) is 4.74 Å². The van der Waals surface area contributed by atoms with Gasteiger partial charge in [-0.05, 0) is 19.1 Å². The van der Waals surface area contributed by atoms with Crippen molar-refractivity contribution in [3.05, 3.63) is 42.0 Å². The highest BCUT2D eigenvalue weighted by Gasteiger charge is 2.07. The number of methoxy groups -OCH3 is 1. The van der Waals surface area contributed by atoms with Crippen LogP contribution in [0.5, 0.6) is 5.75 Å². The summed E-state index contributed by atoms with van der Waals surface area (Å²) in [7, 11) is 1.25. The molecule has 0 saturated carbocycles. The van der Waals surface area contributed by atoms with E-state index in [0.29, 0.717) is 5.75 Å². The maximum absolute atomic E-state index is 11.3. The van der Waals surface area contributed by atoms with Gasteiger partial charge < -0.3 is 9.47 Å². The summed E-state index contributed by atoms with van der Waals surface area (Å²) in [5.41, 5.74) is 0.198. The first-order chi connectivity index (χ1) is 7.63. The van der Waals surface area contributed by atoms with E-state index < -0.39 is 11.9 Å². The van der Waals surface area contributed by atoms with Gasteiger partial charge in [-0.2, -0.15) is 0 Å². The summed E-state index contributed by atoms with van der Waals surface area (Å²) in [6.45, 7) is 1.48. The fourth-order valence-corrected chi connectivity index (χ4v) is 1.03. The topological polar surface area (TPSA) is 52.6 Å². The van der Waals surface area contributed by atoms with Crippen molar-refractivity contribution in [1.29, 1.82) is 0 Å². The molecule has 1 rings (SSSR count). The molecule has 4 nitrogen and oxygen atoms in total. The van der Waals surface area contributed by atoms with Crippen LogP contribution in [0.25, 0.3) is 0 Å². The summed E-state index contributed by atoms with van der Waals surface area (Å²) >= 11 is 0. The van der Waals surface area contributed by atoms with E-state index >= 15 is 0 Å². The van der Waals surface area contributed by atoms with Gasteiger partial charge in [0.2, 0.25) is 0 Å². The van der Waals surface area contributed by atoms with E-state index in [-0.39, 0.29) is 5.57 Å². The third-order valence-corrected chi connectivity index (χ3v) is 1.80. The Labute approximate surface area is 93.5 Å². The van der Waals surface area contributed by atoms with Crippen LogP contribution in [0.1, 0.15) is 6.92 Å². The van der Waals surface area contributed by atoms with E-state index in [9.17, 15) is 9.59 Å². The van der Waals surface area contributed by atoms with E-state index in [1.807, 2.05) is 6.07 Å². The fourth-order valence-electron chi connectivity index (χ4n) is 1.03. The molecule has 0 fully saturated rings. The van der Waals surface area contributed by atoms with Crippen molar-refractivity contribution in [3.63, 3.8) is 0 Å². The number of benzene rings is 1. The normalized spacial score (nSPS) is 10.8. The summed E-state index contributed by atoms with van der Waals surface area (Å²) in [5, 5.41) is 0. The Morgan fingerprint density at radius 1 is 1.19 bits per heavy atom. The predicted octanol–water partition coefficient (Wildman–Crippen LogP) is 1.71. The van der Waals surface area contributed by atoms with Crippen LogP contribution in [-0.2, 0) is 14.3 Å². The average molecular weight is 220 g/mol. The average Bonchev–Trinajstić information content (AvgIpc) is 2.29. The second kappa shape index (κ2) is 5.70. The van der Waals surface area contributed by atoms with Gasteiger partial charge >= 0.3 is 11.9 Å². The molecule has 0 aliphatic heterocycles. The highest BCUT2D eigenvalue weighted by Crippen LogP contribution is 2.09. The smallest absolute Gasteiger partial charge is 0.336 e. The lowest BCUT2D eigenvalue weighted by atomic mass is 10.3. The summed E-state index contributed by atoms with van der Waals surface area (Å²) in [5.74, 6) is -0.722. The van der Waals surface area contributed by atoms with E-state index in [1.54, 1.807) is 24.3 Å². The SMILES string of the molecule is COC(=O)C(C)=CC(=O)Oc1ccccc1. The zero-order valence-electron chi connectivity index (χ0n) is 9.10.